The summed E-state index contributed by atoms with van der Waals surface area (Å²) in [5, 5.41) is 13.6. The van der Waals surface area contributed by atoms with Crippen LogP contribution in [0.1, 0.15) is 15.9 Å². The van der Waals surface area contributed by atoms with Crippen LogP contribution in [0, 0.1) is 10.1 Å². The van der Waals surface area contributed by atoms with Gasteiger partial charge in [-0.2, -0.15) is 0 Å². The van der Waals surface area contributed by atoms with Crippen LogP contribution in [0.5, 0.6) is 0 Å². The van der Waals surface area contributed by atoms with Gasteiger partial charge in [0.15, 0.2) is 5.78 Å². The van der Waals surface area contributed by atoms with E-state index in [0.717, 1.165) is 12.0 Å². The van der Waals surface area contributed by atoms with Crippen molar-refractivity contribution in [1.29, 1.82) is 0 Å². The molecule has 0 aliphatic rings. The first-order valence-corrected chi connectivity index (χ1v) is 6.69. The zero-order chi connectivity index (χ0) is 15.1. The minimum absolute atomic E-state index is 0. The molecule has 0 bridgehead atoms. The van der Waals surface area contributed by atoms with Crippen LogP contribution in [0.4, 0.5) is 5.69 Å². The van der Waals surface area contributed by atoms with Gasteiger partial charge in [-0.05, 0) is 18.5 Å². The number of nitrogens with one attached hydrogen (secondary N) is 1. The molecule has 0 heterocycles. The summed E-state index contributed by atoms with van der Waals surface area (Å²) >= 11 is 0. The first-order valence-electron chi connectivity index (χ1n) is 6.69. The fraction of sp³-hybridized carbons (Fsp3) is 0.188. The number of nitro benzene ring substituents is 1. The maximum atomic E-state index is 11.8. The van der Waals surface area contributed by atoms with Crippen molar-refractivity contribution >= 4 is 23.9 Å². The van der Waals surface area contributed by atoms with Crippen molar-refractivity contribution < 1.29 is 9.72 Å². The average Bonchev–Trinajstić information content (AvgIpc) is 2.52. The van der Waals surface area contributed by atoms with E-state index in [2.05, 4.69) is 5.32 Å². The highest BCUT2D eigenvalue weighted by Crippen LogP contribution is 2.11. The van der Waals surface area contributed by atoms with Crippen molar-refractivity contribution in [2.75, 3.05) is 13.1 Å². The summed E-state index contributed by atoms with van der Waals surface area (Å²) in [6.07, 6.45) is 0.722. The third kappa shape index (κ3) is 5.27. The van der Waals surface area contributed by atoms with Gasteiger partial charge in [-0.3, -0.25) is 14.9 Å². The summed E-state index contributed by atoms with van der Waals surface area (Å²) in [5.41, 5.74) is 1.78. The normalized spacial score (nSPS) is 9.82. The van der Waals surface area contributed by atoms with E-state index < -0.39 is 4.92 Å². The lowest BCUT2D eigenvalue weighted by atomic mass is 10.1. The number of carbonyl (C=O) groups excluding carboxylic acids is 1. The highest BCUT2D eigenvalue weighted by molar-refractivity contribution is 5.97. The standard InChI is InChI=1S/C16H16N2O3.ClH/c19-16(14-4-2-1-3-5-14)12-17-11-10-13-6-8-15(9-7-13)18(20)21;/h1-9,17H,10-12H2;1H. The van der Waals surface area contributed by atoms with Crippen molar-refractivity contribution in [1.82, 2.24) is 5.32 Å². The molecule has 0 atom stereocenters. The Morgan fingerprint density at radius 3 is 2.27 bits per heavy atom. The Kier molecular flexibility index (Phi) is 7.22. The molecule has 2 rings (SSSR count). The van der Waals surface area contributed by atoms with E-state index in [0.29, 0.717) is 12.1 Å². The molecule has 0 saturated carbocycles. The highest BCUT2D eigenvalue weighted by Gasteiger charge is 2.05. The second-order valence-corrected chi connectivity index (χ2v) is 4.64. The molecule has 0 unspecified atom stereocenters. The van der Waals surface area contributed by atoms with Crippen LogP contribution in [0.25, 0.3) is 0 Å². The highest BCUT2D eigenvalue weighted by atomic mass is 35.5. The number of rotatable bonds is 7. The number of ketones is 1. The van der Waals surface area contributed by atoms with Crippen molar-refractivity contribution in [3.8, 4) is 0 Å². The molecule has 0 aliphatic heterocycles. The predicted octanol–water partition coefficient (Wildman–Crippen LogP) is 3.03. The van der Waals surface area contributed by atoms with Gasteiger partial charge in [0.1, 0.15) is 0 Å². The number of hydrogen-bond acceptors (Lipinski definition) is 4. The van der Waals surface area contributed by atoms with Crippen molar-refractivity contribution in [2.45, 2.75) is 6.42 Å². The van der Waals surface area contributed by atoms with Crippen LogP contribution in [0.3, 0.4) is 0 Å². The molecule has 0 aliphatic carbocycles. The Labute approximate surface area is 134 Å². The second-order valence-electron chi connectivity index (χ2n) is 4.64. The molecular formula is C16H17ClN2O3. The number of benzene rings is 2. The van der Waals surface area contributed by atoms with E-state index in [-0.39, 0.29) is 30.4 Å². The lowest BCUT2D eigenvalue weighted by Gasteiger charge is -2.04. The van der Waals surface area contributed by atoms with E-state index in [1.807, 2.05) is 18.2 Å². The molecule has 0 aromatic heterocycles. The molecule has 0 fully saturated rings. The largest absolute Gasteiger partial charge is 0.309 e. The summed E-state index contributed by atoms with van der Waals surface area (Å²) in [6.45, 7) is 0.938. The number of non-ortho nitro benzene ring substituents is 1. The van der Waals surface area contributed by atoms with Gasteiger partial charge in [0.2, 0.25) is 0 Å². The number of hydrogen-bond donors (Lipinski definition) is 1. The molecule has 0 saturated heterocycles. The lowest BCUT2D eigenvalue weighted by molar-refractivity contribution is -0.384. The summed E-state index contributed by atoms with van der Waals surface area (Å²) in [4.78, 5) is 22.0. The minimum atomic E-state index is -0.416. The quantitative estimate of drug-likeness (QED) is 0.368. The summed E-state index contributed by atoms with van der Waals surface area (Å²) < 4.78 is 0. The van der Waals surface area contributed by atoms with Gasteiger partial charge >= 0.3 is 0 Å². The topological polar surface area (TPSA) is 72.2 Å². The fourth-order valence-corrected chi connectivity index (χ4v) is 1.95. The predicted molar refractivity (Wildman–Crippen MR) is 87.7 cm³/mol. The Morgan fingerprint density at radius 1 is 1.05 bits per heavy atom. The Hall–Kier alpha value is -2.24. The van der Waals surface area contributed by atoms with E-state index in [4.69, 9.17) is 0 Å². The molecule has 2 aromatic rings. The summed E-state index contributed by atoms with van der Waals surface area (Å²) in [6, 6.07) is 15.6. The van der Waals surface area contributed by atoms with E-state index in [9.17, 15) is 14.9 Å². The number of nitrogens with zero attached hydrogens (tertiary/aromatic N) is 1. The van der Waals surface area contributed by atoms with Crippen molar-refractivity contribution in [3.05, 3.63) is 75.8 Å². The molecule has 0 amide bonds. The van der Waals surface area contributed by atoms with E-state index in [1.54, 1.807) is 24.3 Å². The molecule has 0 radical (unpaired) electrons. The van der Waals surface area contributed by atoms with Gasteiger partial charge in [0.05, 0.1) is 11.5 Å². The van der Waals surface area contributed by atoms with E-state index >= 15 is 0 Å². The van der Waals surface area contributed by atoms with Crippen molar-refractivity contribution in [2.24, 2.45) is 0 Å². The number of carbonyl (C=O) groups is 1. The molecule has 2 aromatic carbocycles. The van der Waals surface area contributed by atoms with Crippen LogP contribution in [0.2, 0.25) is 0 Å². The van der Waals surface area contributed by atoms with Gasteiger partial charge in [-0.15, -0.1) is 12.4 Å². The van der Waals surface area contributed by atoms with Gasteiger partial charge in [-0.1, -0.05) is 42.5 Å². The Bertz CT molecular complexity index is 615. The second kappa shape index (κ2) is 8.92. The molecule has 0 spiro atoms. The average molecular weight is 321 g/mol. The van der Waals surface area contributed by atoms with Crippen LogP contribution < -0.4 is 5.32 Å². The van der Waals surface area contributed by atoms with Gasteiger partial charge < -0.3 is 5.32 Å². The first kappa shape index (κ1) is 17.8. The van der Waals surface area contributed by atoms with Gasteiger partial charge in [0, 0.05) is 17.7 Å². The number of Topliss-reactive ketones (excluding diaryl/α,β-unsaturated/α-hetero) is 1. The smallest absolute Gasteiger partial charge is 0.269 e. The third-order valence-corrected chi connectivity index (χ3v) is 3.12. The van der Waals surface area contributed by atoms with Crippen LogP contribution in [0.15, 0.2) is 54.6 Å². The Morgan fingerprint density at radius 2 is 1.68 bits per heavy atom. The Balaban J connectivity index is 0.00000242. The molecular weight excluding hydrogens is 304 g/mol. The van der Waals surface area contributed by atoms with Crippen LogP contribution in [-0.4, -0.2) is 23.8 Å². The van der Waals surface area contributed by atoms with Gasteiger partial charge in [-0.25, -0.2) is 0 Å². The maximum absolute atomic E-state index is 11.8. The minimum Gasteiger partial charge on any atom is -0.309 e. The molecule has 6 heteroatoms. The van der Waals surface area contributed by atoms with Gasteiger partial charge in [0.25, 0.3) is 5.69 Å². The fourth-order valence-electron chi connectivity index (χ4n) is 1.95. The van der Waals surface area contributed by atoms with Crippen molar-refractivity contribution in [3.63, 3.8) is 0 Å². The van der Waals surface area contributed by atoms with Crippen LogP contribution >= 0.6 is 12.4 Å². The first-order chi connectivity index (χ1) is 10.2. The SMILES string of the molecule is Cl.O=C(CNCCc1ccc([N+](=O)[O-])cc1)c1ccccc1. The molecule has 1 N–H and O–H groups in total. The van der Waals surface area contributed by atoms with Crippen LogP contribution in [-0.2, 0) is 6.42 Å². The zero-order valence-corrected chi connectivity index (χ0v) is 12.7. The molecule has 116 valence electrons. The summed E-state index contributed by atoms with van der Waals surface area (Å²) in [5.74, 6) is 0.0549. The zero-order valence-electron chi connectivity index (χ0n) is 11.9. The maximum Gasteiger partial charge on any atom is 0.269 e. The monoisotopic (exact) mass is 320 g/mol. The van der Waals surface area contributed by atoms with E-state index in [1.165, 1.54) is 12.1 Å². The number of nitro groups is 1. The summed E-state index contributed by atoms with van der Waals surface area (Å²) in [7, 11) is 0. The lowest BCUT2D eigenvalue weighted by Crippen LogP contribution is -2.25. The number of halogens is 1. The molecule has 22 heavy (non-hydrogen) atoms. The third-order valence-electron chi connectivity index (χ3n) is 3.12. The molecule has 5 nitrogen and oxygen atoms in total.